The first-order chi connectivity index (χ1) is 13.1. The van der Waals surface area contributed by atoms with Crippen molar-refractivity contribution in [2.45, 2.75) is 37.2 Å². The molecular weight excluding hydrogens is 395 g/mol. The molecule has 0 N–H and O–H groups in total. The molecule has 1 aromatic carbocycles. The first-order valence-electron chi connectivity index (χ1n) is 8.96. The van der Waals surface area contributed by atoms with E-state index < -0.39 is 32.6 Å². The number of sulfonamides is 1. The van der Waals surface area contributed by atoms with Crippen LogP contribution >= 0.6 is 0 Å². The number of fused-ring (bicyclic) bond motifs is 2. The fourth-order valence-corrected chi connectivity index (χ4v) is 7.57. The van der Waals surface area contributed by atoms with Crippen molar-refractivity contribution in [3.63, 3.8) is 0 Å². The lowest BCUT2D eigenvalue weighted by molar-refractivity contribution is -0.139. The highest BCUT2D eigenvalue weighted by atomic mass is 32.2. The van der Waals surface area contributed by atoms with E-state index in [9.17, 15) is 26.4 Å². The van der Waals surface area contributed by atoms with Gasteiger partial charge in [0, 0.05) is 32.0 Å². The molecule has 1 aromatic rings. The first kappa shape index (κ1) is 19.1. The number of rotatable bonds is 1. The van der Waals surface area contributed by atoms with Crippen LogP contribution in [0.2, 0.25) is 0 Å². The van der Waals surface area contributed by atoms with E-state index >= 15 is 0 Å². The zero-order valence-corrected chi connectivity index (χ0v) is 15.8. The molecule has 3 aliphatic heterocycles. The molecule has 150 valence electrons. The standard InChI is InChI=1S/C18H18F3N3O3S/c1-10(25)23-8-12-3-5-16(23)14-9-24(28(26,27)17(12)14)13-4-2-11(7-22)15(6-13)18(19,20)21/h2,4,6,12,14,16-17H,3,5,8-9H2,1H3/t12-,14-,16-,17+/m1/s1. The molecule has 3 heterocycles. The van der Waals surface area contributed by atoms with Crippen LogP contribution in [0.15, 0.2) is 18.2 Å². The average Bonchev–Trinajstić information content (AvgIpc) is 2.94. The summed E-state index contributed by atoms with van der Waals surface area (Å²) in [4.78, 5) is 13.6. The Morgan fingerprint density at radius 1 is 1.25 bits per heavy atom. The van der Waals surface area contributed by atoms with Crippen LogP contribution in [0.4, 0.5) is 18.9 Å². The molecule has 4 atom stereocenters. The molecule has 1 aliphatic carbocycles. The summed E-state index contributed by atoms with van der Waals surface area (Å²) in [5.74, 6) is -0.650. The predicted octanol–water partition coefficient (Wildman–Crippen LogP) is 2.35. The van der Waals surface area contributed by atoms with E-state index in [-0.39, 0.29) is 36.0 Å². The lowest BCUT2D eigenvalue weighted by atomic mass is 9.72. The summed E-state index contributed by atoms with van der Waals surface area (Å²) in [7, 11) is -3.86. The van der Waals surface area contributed by atoms with Gasteiger partial charge >= 0.3 is 6.18 Å². The first-order valence-corrected chi connectivity index (χ1v) is 10.5. The Labute approximate surface area is 160 Å². The number of nitriles is 1. The Morgan fingerprint density at radius 2 is 1.96 bits per heavy atom. The van der Waals surface area contributed by atoms with Crippen molar-refractivity contribution >= 4 is 21.6 Å². The van der Waals surface area contributed by atoms with Gasteiger partial charge in [-0.05, 0) is 37.0 Å². The Hall–Kier alpha value is -2.28. The minimum Gasteiger partial charge on any atom is -0.339 e. The molecule has 4 aliphatic rings. The highest BCUT2D eigenvalue weighted by Crippen LogP contribution is 2.49. The molecule has 0 radical (unpaired) electrons. The molecule has 0 unspecified atom stereocenters. The van der Waals surface area contributed by atoms with E-state index in [1.54, 1.807) is 4.90 Å². The monoisotopic (exact) mass is 413 g/mol. The molecule has 10 heteroatoms. The number of hydrogen-bond donors (Lipinski definition) is 0. The van der Waals surface area contributed by atoms with E-state index in [0.29, 0.717) is 19.4 Å². The third-order valence-electron chi connectivity index (χ3n) is 6.19. The molecule has 4 fully saturated rings. The van der Waals surface area contributed by atoms with E-state index in [4.69, 9.17) is 5.26 Å². The maximum absolute atomic E-state index is 13.3. The van der Waals surface area contributed by atoms with Crippen LogP contribution in [0.1, 0.15) is 30.9 Å². The number of halogens is 3. The normalized spacial score (nSPS) is 30.8. The summed E-state index contributed by atoms with van der Waals surface area (Å²) in [5.41, 5.74) is -1.78. The van der Waals surface area contributed by atoms with Gasteiger partial charge in [-0.15, -0.1) is 0 Å². The smallest absolute Gasteiger partial charge is 0.339 e. The number of carbonyl (C=O) groups excluding carboxylic acids is 1. The molecule has 1 saturated carbocycles. The predicted molar refractivity (Wildman–Crippen MR) is 93.6 cm³/mol. The lowest BCUT2D eigenvalue weighted by Crippen LogP contribution is -2.61. The van der Waals surface area contributed by atoms with Crippen LogP contribution in [0, 0.1) is 23.2 Å². The molecule has 5 rings (SSSR count). The summed E-state index contributed by atoms with van der Waals surface area (Å²) >= 11 is 0. The van der Waals surface area contributed by atoms with Crippen LogP contribution in [-0.4, -0.2) is 43.6 Å². The number of piperidine rings is 2. The largest absolute Gasteiger partial charge is 0.417 e. The number of nitrogens with zero attached hydrogens (tertiary/aromatic N) is 3. The zero-order valence-electron chi connectivity index (χ0n) is 15.0. The summed E-state index contributed by atoms with van der Waals surface area (Å²) < 4.78 is 67.3. The van der Waals surface area contributed by atoms with Crippen LogP contribution in [0.3, 0.4) is 0 Å². The molecule has 0 aromatic heterocycles. The second-order valence-electron chi connectivity index (χ2n) is 7.62. The fourth-order valence-electron chi connectivity index (χ4n) is 5.07. The third-order valence-corrected chi connectivity index (χ3v) is 8.59. The molecule has 1 amide bonds. The topological polar surface area (TPSA) is 81.5 Å². The minimum absolute atomic E-state index is 0.0428. The number of alkyl halides is 3. The number of anilines is 1. The van der Waals surface area contributed by atoms with Crippen molar-refractivity contribution in [1.29, 1.82) is 5.26 Å². The average molecular weight is 413 g/mol. The van der Waals surface area contributed by atoms with Crippen molar-refractivity contribution in [3.05, 3.63) is 29.3 Å². The summed E-state index contributed by atoms with van der Waals surface area (Å²) in [6, 6.07) is 4.27. The van der Waals surface area contributed by atoms with Crippen molar-refractivity contribution < 1.29 is 26.4 Å². The van der Waals surface area contributed by atoms with Gasteiger partial charge in [-0.3, -0.25) is 9.10 Å². The number of amides is 1. The minimum atomic E-state index is -4.76. The Morgan fingerprint density at radius 3 is 2.57 bits per heavy atom. The van der Waals surface area contributed by atoms with Gasteiger partial charge in [0.15, 0.2) is 0 Å². The van der Waals surface area contributed by atoms with Crippen molar-refractivity contribution in [3.8, 4) is 6.07 Å². The van der Waals surface area contributed by atoms with Crippen LogP contribution in [0.25, 0.3) is 0 Å². The van der Waals surface area contributed by atoms with Gasteiger partial charge in [-0.25, -0.2) is 8.42 Å². The van der Waals surface area contributed by atoms with Gasteiger partial charge in [0.1, 0.15) is 0 Å². The molecule has 2 bridgehead atoms. The number of carbonyl (C=O) groups is 1. The number of hydrogen-bond acceptors (Lipinski definition) is 4. The van der Waals surface area contributed by atoms with Crippen molar-refractivity contribution in [2.75, 3.05) is 17.4 Å². The van der Waals surface area contributed by atoms with Gasteiger partial charge in [0.2, 0.25) is 15.9 Å². The lowest BCUT2D eigenvalue weighted by Gasteiger charge is -2.50. The third kappa shape index (κ3) is 2.67. The second-order valence-corrected chi connectivity index (χ2v) is 9.64. The van der Waals surface area contributed by atoms with Gasteiger partial charge < -0.3 is 4.90 Å². The molecule has 0 spiro atoms. The van der Waals surface area contributed by atoms with Crippen LogP contribution in [0.5, 0.6) is 0 Å². The quantitative estimate of drug-likeness (QED) is 0.708. The van der Waals surface area contributed by atoms with Gasteiger partial charge in [-0.2, -0.15) is 18.4 Å². The highest BCUT2D eigenvalue weighted by Gasteiger charge is 2.59. The molecule has 28 heavy (non-hydrogen) atoms. The second kappa shape index (κ2) is 6.11. The zero-order chi connectivity index (χ0) is 20.4. The summed E-state index contributed by atoms with van der Waals surface area (Å²) in [6.07, 6.45) is -3.37. The van der Waals surface area contributed by atoms with Crippen molar-refractivity contribution in [1.82, 2.24) is 4.90 Å². The Kier molecular flexibility index (Phi) is 4.16. The molecule has 6 nitrogen and oxygen atoms in total. The van der Waals surface area contributed by atoms with E-state index in [1.807, 2.05) is 0 Å². The Bertz CT molecular complexity index is 986. The SMILES string of the molecule is CC(=O)N1C[C@H]2CC[C@@H]1[C@H]1CN(c3ccc(C#N)c(C(F)(F)F)c3)S(=O)(=O)[C@@H]21. The summed E-state index contributed by atoms with van der Waals surface area (Å²) in [6.45, 7) is 1.86. The molecular formula is C18H18F3N3O3S. The van der Waals surface area contributed by atoms with Gasteiger partial charge in [0.25, 0.3) is 0 Å². The van der Waals surface area contributed by atoms with Crippen molar-refractivity contribution in [2.24, 2.45) is 11.8 Å². The maximum Gasteiger partial charge on any atom is 0.417 e. The van der Waals surface area contributed by atoms with E-state index in [0.717, 1.165) is 16.4 Å². The number of benzene rings is 1. The van der Waals surface area contributed by atoms with Crippen LogP contribution in [-0.2, 0) is 21.0 Å². The summed E-state index contributed by atoms with van der Waals surface area (Å²) in [5, 5.41) is 8.26. The maximum atomic E-state index is 13.3. The molecule has 3 saturated heterocycles. The Balaban J connectivity index is 1.76. The highest BCUT2D eigenvalue weighted by molar-refractivity contribution is 7.93. The fraction of sp³-hybridized carbons (Fsp3) is 0.556. The van der Waals surface area contributed by atoms with Crippen LogP contribution < -0.4 is 4.31 Å². The van der Waals surface area contributed by atoms with E-state index in [1.165, 1.54) is 19.1 Å². The van der Waals surface area contributed by atoms with E-state index in [2.05, 4.69) is 0 Å². The van der Waals surface area contributed by atoms with Gasteiger partial charge in [-0.1, -0.05) is 0 Å². The van der Waals surface area contributed by atoms with Gasteiger partial charge in [0.05, 0.1) is 28.1 Å².